The monoisotopic (exact) mass is 276 g/mol. The zero-order valence-electron chi connectivity index (χ0n) is 10.7. The van der Waals surface area contributed by atoms with Gasteiger partial charge in [0.1, 0.15) is 11.4 Å². The third kappa shape index (κ3) is 3.62. The van der Waals surface area contributed by atoms with Gasteiger partial charge < -0.3 is 14.7 Å². The number of ether oxygens (including phenoxy) is 1. The van der Waals surface area contributed by atoms with E-state index in [2.05, 4.69) is 17.6 Å². The van der Waals surface area contributed by atoms with E-state index in [1.807, 2.05) is 48.3 Å². The van der Waals surface area contributed by atoms with Crippen molar-refractivity contribution in [1.29, 1.82) is 0 Å². The fourth-order valence-corrected chi connectivity index (χ4v) is 1.80. The molecule has 1 aromatic heterocycles. The number of anilines is 1. The molecule has 0 saturated carbocycles. The molecule has 0 saturated heterocycles. The normalized spacial score (nSPS) is 10.3. The van der Waals surface area contributed by atoms with Crippen LogP contribution in [0.1, 0.15) is 0 Å². The van der Waals surface area contributed by atoms with Crippen LogP contribution in [0.2, 0.25) is 0 Å². The zero-order chi connectivity index (χ0) is 13.7. The standard InChI is InChI=1S/C14H16N2O2S/c1-16(9-10-17)13-3-2-8-15-14(13)18-11-4-6-12(19)7-5-11/h2-8,17,19H,9-10H2,1H3. The fourth-order valence-electron chi connectivity index (χ4n) is 1.65. The zero-order valence-corrected chi connectivity index (χ0v) is 11.5. The number of likely N-dealkylation sites (N-methyl/N-ethyl adjacent to an activating group) is 1. The highest BCUT2D eigenvalue weighted by Gasteiger charge is 2.10. The van der Waals surface area contributed by atoms with E-state index in [1.165, 1.54) is 0 Å². The molecule has 1 N–H and O–H groups in total. The van der Waals surface area contributed by atoms with Crippen LogP contribution in [-0.2, 0) is 0 Å². The van der Waals surface area contributed by atoms with E-state index in [0.29, 0.717) is 18.2 Å². The predicted octanol–water partition coefficient (Wildman–Crippen LogP) is 2.59. The smallest absolute Gasteiger partial charge is 0.243 e. The van der Waals surface area contributed by atoms with E-state index in [1.54, 1.807) is 6.20 Å². The summed E-state index contributed by atoms with van der Waals surface area (Å²) in [5, 5.41) is 9.00. The van der Waals surface area contributed by atoms with E-state index < -0.39 is 0 Å². The summed E-state index contributed by atoms with van der Waals surface area (Å²) in [6, 6.07) is 11.1. The third-order valence-electron chi connectivity index (χ3n) is 2.65. The summed E-state index contributed by atoms with van der Waals surface area (Å²) in [6.45, 7) is 0.608. The van der Waals surface area contributed by atoms with Gasteiger partial charge in [-0.15, -0.1) is 12.6 Å². The van der Waals surface area contributed by atoms with E-state index in [-0.39, 0.29) is 6.61 Å². The molecule has 0 radical (unpaired) electrons. The van der Waals surface area contributed by atoms with Crippen molar-refractivity contribution in [2.45, 2.75) is 4.90 Å². The van der Waals surface area contributed by atoms with Gasteiger partial charge in [-0.3, -0.25) is 0 Å². The molecule has 0 spiro atoms. The molecule has 100 valence electrons. The summed E-state index contributed by atoms with van der Waals surface area (Å²) >= 11 is 4.23. The molecule has 2 rings (SSSR count). The number of rotatable bonds is 5. The molecule has 0 unspecified atom stereocenters. The summed E-state index contributed by atoms with van der Waals surface area (Å²) in [5.41, 5.74) is 0.839. The van der Waals surface area contributed by atoms with Crippen LogP contribution in [0.4, 0.5) is 5.69 Å². The quantitative estimate of drug-likeness (QED) is 0.824. The summed E-state index contributed by atoms with van der Waals surface area (Å²) < 4.78 is 5.76. The maximum absolute atomic E-state index is 9.00. The molecule has 0 aliphatic carbocycles. The molecule has 19 heavy (non-hydrogen) atoms. The molecule has 0 aliphatic rings. The maximum atomic E-state index is 9.00. The number of hydrogen-bond donors (Lipinski definition) is 2. The first-order valence-corrected chi connectivity index (χ1v) is 6.39. The lowest BCUT2D eigenvalue weighted by atomic mass is 10.3. The Kier molecular flexibility index (Phi) is 4.65. The van der Waals surface area contributed by atoms with Gasteiger partial charge in [0.2, 0.25) is 5.88 Å². The highest BCUT2D eigenvalue weighted by atomic mass is 32.1. The van der Waals surface area contributed by atoms with Crippen LogP contribution in [0.25, 0.3) is 0 Å². The Morgan fingerprint density at radius 1 is 1.26 bits per heavy atom. The second kappa shape index (κ2) is 6.45. The Balaban J connectivity index is 2.22. The van der Waals surface area contributed by atoms with Crippen LogP contribution in [0, 0.1) is 0 Å². The number of aliphatic hydroxyl groups excluding tert-OH is 1. The van der Waals surface area contributed by atoms with Gasteiger partial charge in [0, 0.05) is 24.7 Å². The van der Waals surface area contributed by atoms with Crippen molar-refractivity contribution in [2.75, 3.05) is 25.1 Å². The lowest BCUT2D eigenvalue weighted by molar-refractivity contribution is 0.303. The number of pyridine rings is 1. The summed E-state index contributed by atoms with van der Waals surface area (Å²) in [4.78, 5) is 7.01. The van der Waals surface area contributed by atoms with Crippen molar-refractivity contribution in [3.05, 3.63) is 42.6 Å². The van der Waals surface area contributed by atoms with Crippen molar-refractivity contribution in [3.8, 4) is 11.6 Å². The highest BCUT2D eigenvalue weighted by molar-refractivity contribution is 7.80. The second-order valence-electron chi connectivity index (χ2n) is 4.07. The Morgan fingerprint density at radius 3 is 2.68 bits per heavy atom. The molecule has 0 atom stereocenters. The molecule has 0 aliphatic heterocycles. The van der Waals surface area contributed by atoms with Crippen LogP contribution in [0.15, 0.2) is 47.5 Å². The van der Waals surface area contributed by atoms with E-state index >= 15 is 0 Å². The van der Waals surface area contributed by atoms with Crippen LogP contribution in [0.5, 0.6) is 11.6 Å². The first-order valence-electron chi connectivity index (χ1n) is 5.94. The number of nitrogens with zero attached hydrogens (tertiary/aromatic N) is 2. The summed E-state index contributed by atoms with van der Waals surface area (Å²) in [5.74, 6) is 1.22. The van der Waals surface area contributed by atoms with Gasteiger partial charge in [-0.1, -0.05) is 0 Å². The van der Waals surface area contributed by atoms with Crippen LogP contribution in [0.3, 0.4) is 0 Å². The number of thiol groups is 1. The Labute approximate surface area is 118 Å². The Bertz CT molecular complexity index is 531. The minimum atomic E-state index is 0.0825. The first kappa shape index (κ1) is 13.7. The number of aromatic nitrogens is 1. The van der Waals surface area contributed by atoms with Gasteiger partial charge in [0.15, 0.2) is 0 Å². The molecular weight excluding hydrogens is 260 g/mol. The fraction of sp³-hybridized carbons (Fsp3) is 0.214. The first-order chi connectivity index (χ1) is 9.20. The largest absolute Gasteiger partial charge is 0.437 e. The Hall–Kier alpha value is -1.72. The maximum Gasteiger partial charge on any atom is 0.243 e. The number of aliphatic hydroxyl groups is 1. The highest BCUT2D eigenvalue weighted by Crippen LogP contribution is 2.29. The van der Waals surface area contributed by atoms with Crippen LogP contribution < -0.4 is 9.64 Å². The Morgan fingerprint density at radius 2 is 2.00 bits per heavy atom. The summed E-state index contributed by atoms with van der Waals surface area (Å²) in [7, 11) is 1.89. The average Bonchev–Trinajstić information content (AvgIpc) is 2.42. The molecule has 5 heteroatoms. The minimum Gasteiger partial charge on any atom is -0.437 e. The van der Waals surface area contributed by atoms with E-state index in [0.717, 1.165) is 10.6 Å². The molecule has 1 aromatic carbocycles. The van der Waals surface area contributed by atoms with Crippen molar-refractivity contribution in [3.63, 3.8) is 0 Å². The van der Waals surface area contributed by atoms with Crippen molar-refractivity contribution < 1.29 is 9.84 Å². The lowest BCUT2D eigenvalue weighted by Crippen LogP contribution is -2.21. The van der Waals surface area contributed by atoms with Crippen LogP contribution >= 0.6 is 12.6 Å². The second-order valence-corrected chi connectivity index (χ2v) is 4.59. The number of benzene rings is 1. The van der Waals surface area contributed by atoms with E-state index in [4.69, 9.17) is 9.84 Å². The molecule has 1 heterocycles. The van der Waals surface area contributed by atoms with Crippen molar-refractivity contribution in [2.24, 2.45) is 0 Å². The molecule has 0 amide bonds. The van der Waals surface area contributed by atoms with Crippen LogP contribution in [-0.4, -0.2) is 30.3 Å². The van der Waals surface area contributed by atoms with Crippen molar-refractivity contribution in [1.82, 2.24) is 4.98 Å². The minimum absolute atomic E-state index is 0.0825. The van der Waals surface area contributed by atoms with Gasteiger partial charge in [-0.2, -0.15) is 0 Å². The molecular formula is C14H16N2O2S. The topological polar surface area (TPSA) is 45.6 Å². The number of hydrogen-bond acceptors (Lipinski definition) is 5. The SMILES string of the molecule is CN(CCO)c1cccnc1Oc1ccc(S)cc1. The van der Waals surface area contributed by atoms with Gasteiger partial charge >= 0.3 is 0 Å². The van der Waals surface area contributed by atoms with E-state index in [9.17, 15) is 0 Å². The van der Waals surface area contributed by atoms with Crippen molar-refractivity contribution >= 4 is 18.3 Å². The van der Waals surface area contributed by atoms with Gasteiger partial charge in [-0.25, -0.2) is 4.98 Å². The van der Waals surface area contributed by atoms with Gasteiger partial charge in [0.25, 0.3) is 0 Å². The molecule has 4 nitrogen and oxygen atoms in total. The average molecular weight is 276 g/mol. The third-order valence-corrected chi connectivity index (χ3v) is 2.95. The molecule has 2 aromatic rings. The van der Waals surface area contributed by atoms with Gasteiger partial charge in [-0.05, 0) is 36.4 Å². The molecule has 0 fully saturated rings. The predicted molar refractivity (Wildman–Crippen MR) is 78.4 cm³/mol. The lowest BCUT2D eigenvalue weighted by Gasteiger charge is -2.20. The summed E-state index contributed by atoms with van der Waals surface area (Å²) in [6.07, 6.45) is 1.68. The van der Waals surface area contributed by atoms with Gasteiger partial charge in [0.05, 0.1) is 6.61 Å². The molecule has 0 bridgehead atoms.